The Morgan fingerprint density at radius 1 is 0.673 bits per heavy atom. The lowest BCUT2D eigenvalue weighted by molar-refractivity contribution is -0.375. The third-order valence-electron chi connectivity index (χ3n) is 9.13. The van der Waals surface area contributed by atoms with E-state index in [9.17, 15) is 50.8 Å². The largest absolute Gasteiger partial charge is 0.508 e. The van der Waals surface area contributed by atoms with Gasteiger partial charge in [0.05, 0.1) is 25.4 Å². The Morgan fingerprint density at radius 3 is 1.88 bits per heavy atom. The molecule has 3 aliphatic heterocycles. The van der Waals surface area contributed by atoms with Crippen LogP contribution in [0.4, 0.5) is 0 Å². The molecule has 0 unspecified atom stereocenters. The maximum atomic E-state index is 13.0. The molecule has 0 aromatic heterocycles. The minimum atomic E-state index is -1.86. The van der Waals surface area contributed by atoms with Crippen LogP contribution >= 0.6 is 0 Å². The summed E-state index contributed by atoms with van der Waals surface area (Å²) in [6, 6.07) is 12.3. The molecule has 0 bridgehead atoms. The molecule has 0 radical (unpaired) electrons. The SMILES string of the molecule is C[C@@H]1O[C@@H](O[C@H]2[C@H](O)[C@@H](OCCc3ccc(O)cc3)O[C@@H](CO)[C@@H]2OC(=O)/C=C/c2ccc(O)cc2)[C@H](O)[C@H](O)[C@@H]1O[C@@H]1O[C@H](C)[C@H](O)[C@H](O)[C@H]1O. The number of benzene rings is 2. The number of carbonyl (C=O) groups is 1. The van der Waals surface area contributed by atoms with E-state index in [1.165, 1.54) is 44.2 Å². The number of aliphatic hydroxyl groups excluding tert-OH is 7. The number of aromatic hydroxyl groups is 2. The zero-order valence-corrected chi connectivity index (χ0v) is 28.3. The summed E-state index contributed by atoms with van der Waals surface area (Å²) in [4.78, 5) is 13.0. The predicted octanol–water partition coefficient (Wildman–Crippen LogP) is -1.58. The fraction of sp³-hybridized carbons (Fsp3) is 0.571. The average Bonchev–Trinajstić information content (AvgIpc) is 3.12. The van der Waals surface area contributed by atoms with Gasteiger partial charge in [-0.25, -0.2) is 4.79 Å². The molecular formula is C35H46O17. The van der Waals surface area contributed by atoms with Crippen LogP contribution in [0.3, 0.4) is 0 Å². The van der Waals surface area contributed by atoms with E-state index in [0.717, 1.165) is 11.6 Å². The highest BCUT2D eigenvalue weighted by Crippen LogP contribution is 2.33. The highest BCUT2D eigenvalue weighted by molar-refractivity contribution is 5.87. The summed E-state index contributed by atoms with van der Waals surface area (Å²) in [7, 11) is 0. The van der Waals surface area contributed by atoms with Crippen LogP contribution in [-0.2, 0) is 44.4 Å². The molecule has 2 aromatic rings. The van der Waals surface area contributed by atoms with E-state index in [4.69, 9.17) is 33.2 Å². The number of rotatable bonds is 12. The monoisotopic (exact) mass is 738 g/mol. The van der Waals surface area contributed by atoms with Gasteiger partial charge in [0.25, 0.3) is 0 Å². The first-order valence-corrected chi connectivity index (χ1v) is 16.8. The van der Waals surface area contributed by atoms with Crippen LogP contribution in [0.15, 0.2) is 54.6 Å². The smallest absolute Gasteiger partial charge is 0.331 e. The number of esters is 1. The van der Waals surface area contributed by atoms with E-state index in [1.807, 2.05) is 0 Å². The number of phenolic OH excluding ortho intramolecular Hbond substituents is 2. The van der Waals surface area contributed by atoms with Gasteiger partial charge in [-0.2, -0.15) is 0 Å². The van der Waals surface area contributed by atoms with Crippen LogP contribution in [0.5, 0.6) is 11.5 Å². The molecule has 3 saturated heterocycles. The van der Waals surface area contributed by atoms with Gasteiger partial charge in [0.1, 0.15) is 66.4 Å². The van der Waals surface area contributed by atoms with Gasteiger partial charge in [-0.05, 0) is 61.7 Å². The van der Waals surface area contributed by atoms with Crippen LogP contribution in [0.2, 0.25) is 0 Å². The topological polar surface area (TPSA) is 264 Å². The summed E-state index contributed by atoms with van der Waals surface area (Å²) in [6.07, 6.45) is -19.6. The molecule has 3 aliphatic rings. The van der Waals surface area contributed by atoms with E-state index >= 15 is 0 Å². The predicted molar refractivity (Wildman–Crippen MR) is 175 cm³/mol. The van der Waals surface area contributed by atoms with E-state index < -0.39 is 105 Å². The van der Waals surface area contributed by atoms with Gasteiger partial charge in [-0.1, -0.05) is 24.3 Å². The Labute approximate surface area is 298 Å². The summed E-state index contributed by atoms with van der Waals surface area (Å²) < 4.78 is 40.3. The summed E-state index contributed by atoms with van der Waals surface area (Å²) in [5, 5.41) is 93.7. The molecule has 15 atom stereocenters. The fourth-order valence-electron chi connectivity index (χ4n) is 6.10. The lowest BCUT2D eigenvalue weighted by Gasteiger charge is -2.48. The van der Waals surface area contributed by atoms with Crippen molar-refractivity contribution in [3.63, 3.8) is 0 Å². The first-order valence-electron chi connectivity index (χ1n) is 16.8. The standard InChI is InChI=1S/C35H46O17/c1-16-24(40)25(41)27(43)34(47-16)51-30-17(2)48-35(28(44)26(30)42)52-32-29(45)33(46-14-13-19-5-10-21(38)11-6-19)49-22(15-36)31(32)50-23(39)12-7-18-3-8-20(37)9-4-18/h3-12,16-17,22,24-38,40-45H,13-15H2,1-2H3/b12-7+/t16-,17+,22+,24+,25+,26+,27-,28-,29+,30-,31+,32+,33+,34+,35+/m1/s1. The number of hydrogen-bond donors (Lipinski definition) is 9. The first kappa shape index (κ1) is 39.9. The lowest BCUT2D eigenvalue weighted by Crippen LogP contribution is -2.66. The number of aliphatic hydroxyl groups is 7. The molecule has 3 fully saturated rings. The molecule has 17 heteroatoms. The van der Waals surface area contributed by atoms with E-state index in [1.54, 1.807) is 24.3 Å². The Morgan fingerprint density at radius 2 is 1.25 bits per heavy atom. The van der Waals surface area contributed by atoms with Crippen molar-refractivity contribution < 1.29 is 83.9 Å². The van der Waals surface area contributed by atoms with Crippen molar-refractivity contribution in [1.29, 1.82) is 0 Å². The molecule has 288 valence electrons. The Balaban J connectivity index is 1.32. The lowest BCUT2D eigenvalue weighted by atomic mass is 9.96. The number of phenols is 2. The third-order valence-corrected chi connectivity index (χ3v) is 9.13. The number of carbonyl (C=O) groups excluding carboxylic acids is 1. The van der Waals surface area contributed by atoms with Gasteiger partial charge in [-0.15, -0.1) is 0 Å². The summed E-state index contributed by atoms with van der Waals surface area (Å²) in [6.45, 7) is 2.18. The summed E-state index contributed by atoms with van der Waals surface area (Å²) in [5.41, 5.74) is 1.35. The van der Waals surface area contributed by atoms with Crippen molar-refractivity contribution in [1.82, 2.24) is 0 Å². The van der Waals surface area contributed by atoms with Crippen molar-refractivity contribution in [3.8, 4) is 11.5 Å². The normalized spacial score (nSPS) is 38.3. The van der Waals surface area contributed by atoms with Crippen LogP contribution in [-0.4, -0.2) is 157 Å². The molecule has 5 rings (SSSR count). The molecular weight excluding hydrogens is 692 g/mol. The first-order chi connectivity index (χ1) is 24.8. The zero-order valence-electron chi connectivity index (χ0n) is 28.3. The second kappa shape index (κ2) is 17.7. The van der Waals surface area contributed by atoms with Crippen LogP contribution in [0.1, 0.15) is 25.0 Å². The molecule has 0 amide bonds. The second-order valence-corrected chi connectivity index (χ2v) is 12.9. The van der Waals surface area contributed by atoms with E-state index in [-0.39, 0.29) is 18.1 Å². The van der Waals surface area contributed by atoms with Crippen LogP contribution in [0.25, 0.3) is 6.08 Å². The fourth-order valence-corrected chi connectivity index (χ4v) is 6.10. The van der Waals surface area contributed by atoms with Crippen molar-refractivity contribution in [2.75, 3.05) is 13.2 Å². The molecule has 17 nitrogen and oxygen atoms in total. The molecule has 52 heavy (non-hydrogen) atoms. The summed E-state index contributed by atoms with van der Waals surface area (Å²) >= 11 is 0. The minimum Gasteiger partial charge on any atom is -0.508 e. The quantitative estimate of drug-likeness (QED) is 0.0879. The minimum absolute atomic E-state index is 0.00788. The Bertz CT molecular complexity index is 1460. The molecule has 3 heterocycles. The average molecular weight is 739 g/mol. The van der Waals surface area contributed by atoms with Gasteiger partial charge >= 0.3 is 5.97 Å². The summed E-state index contributed by atoms with van der Waals surface area (Å²) in [5.74, 6) is -0.819. The highest BCUT2D eigenvalue weighted by Gasteiger charge is 2.54. The van der Waals surface area contributed by atoms with Gasteiger partial charge in [0.2, 0.25) is 0 Å². The zero-order chi connectivity index (χ0) is 37.7. The van der Waals surface area contributed by atoms with Crippen molar-refractivity contribution in [3.05, 3.63) is 65.7 Å². The third kappa shape index (κ3) is 9.44. The van der Waals surface area contributed by atoms with Gasteiger partial charge in [0, 0.05) is 6.08 Å². The number of hydrogen-bond acceptors (Lipinski definition) is 17. The second-order valence-electron chi connectivity index (χ2n) is 12.9. The number of ether oxygens (including phenoxy) is 7. The Kier molecular flexibility index (Phi) is 13.6. The van der Waals surface area contributed by atoms with Crippen molar-refractivity contribution in [2.24, 2.45) is 0 Å². The van der Waals surface area contributed by atoms with Gasteiger partial charge in [-0.3, -0.25) is 0 Å². The molecule has 0 spiro atoms. The van der Waals surface area contributed by atoms with Gasteiger partial charge < -0.3 is 79.1 Å². The maximum Gasteiger partial charge on any atom is 0.331 e. The van der Waals surface area contributed by atoms with E-state index in [2.05, 4.69) is 0 Å². The Hall–Kier alpha value is -3.27. The van der Waals surface area contributed by atoms with Crippen LogP contribution in [0, 0.1) is 0 Å². The molecule has 9 N–H and O–H groups in total. The van der Waals surface area contributed by atoms with Crippen molar-refractivity contribution in [2.45, 2.75) is 112 Å². The van der Waals surface area contributed by atoms with Crippen LogP contribution < -0.4 is 0 Å². The molecule has 0 saturated carbocycles. The van der Waals surface area contributed by atoms with E-state index in [0.29, 0.717) is 12.0 Å². The van der Waals surface area contributed by atoms with Crippen molar-refractivity contribution >= 4 is 12.0 Å². The maximum absolute atomic E-state index is 13.0. The highest BCUT2D eigenvalue weighted by atomic mass is 16.8. The van der Waals surface area contributed by atoms with Gasteiger partial charge in [0.15, 0.2) is 25.0 Å². The molecule has 0 aliphatic carbocycles. The molecule has 2 aromatic carbocycles.